The molecule has 0 bridgehead atoms. The Morgan fingerprint density at radius 1 is 1.04 bits per heavy atom. The molecular formula is C17H15N3O2S. The second-order valence-corrected chi connectivity index (χ2v) is 5.94. The summed E-state index contributed by atoms with van der Waals surface area (Å²) >= 11 is 1.34. The Balaban J connectivity index is 1.73. The number of hydrogen-bond donors (Lipinski definition) is 1. The van der Waals surface area contributed by atoms with Crippen molar-refractivity contribution in [2.24, 2.45) is 0 Å². The summed E-state index contributed by atoms with van der Waals surface area (Å²) in [6.45, 7) is 2.03. The van der Waals surface area contributed by atoms with Gasteiger partial charge in [0.2, 0.25) is 5.13 Å². The molecule has 6 heteroatoms. The molecule has 3 rings (SSSR count). The third kappa shape index (κ3) is 3.54. The minimum atomic E-state index is -0.223. The molecule has 0 unspecified atom stereocenters. The van der Waals surface area contributed by atoms with E-state index in [0.717, 1.165) is 10.6 Å². The van der Waals surface area contributed by atoms with Crippen molar-refractivity contribution in [3.63, 3.8) is 0 Å². The molecule has 0 saturated carbocycles. The smallest absolute Gasteiger partial charge is 0.257 e. The quantitative estimate of drug-likeness (QED) is 0.793. The summed E-state index contributed by atoms with van der Waals surface area (Å²) < 4.78 is 5.08. The van der Waals surface area contributed by atoms with Crippen molar-refractivity contribution in [1.29, 1.82) is 0 Å². The number of amides is 1. The van der Waals surface area contributed by atoms with E-state index in [1.54, 1.807) is 31.4 Å². The third-order valence-electron chi connectivity index (χ3n) is 3.30. The minimum Gasteiger partial charge on any atom is -0.497 e. The molecule has 1 aromatic heterocycles. The summed E-state index contributed by atoms with van der Waals surface area (Å²) in [7, 11) is 1.59. The highest BCUT2D eigenvalue weighted by molar-refractivity contribution is 7.18. The fourth-order valence-electron chi connectivity index (χ4n) is 2.00. The van der Waals surface area contributed by atoms with Crippen LogP contribution < -0.4 is 10.1 Å². The molecule has 0 aliphatic carbocycles. The van der Waals surface area contributed by atoms with Crippen LogP contribution in [0, 0.1) is 6.92 Å². The Morgan fingerprint density at radius 3 is 2.39 bits per heavy atom. The molecule has 0 saturated heterocycles. The molecule has 116 valence electrons. The first-order chi connectivity index (χ1) is 11.2. The highest BCUT2D eigenvalue weighted by Crippen LogP contribution is 2.26. The van der Waals surface area contributed by atoms with Crippen molar-refractivity contribution in [3.8, 4) is 16.3 Å². The van der Waals surface area contributed by atoms with Gasteiger partial charge >= 0.3 is 0 Å². The second kappa shape index (κ2) is 6.58. The van der Waals surface area contributed by atoms with Crippen molar-refractivity contribution >= 4 is 22.4 Å². The van der Waals surface area contributed by atoms with Crippen molar-refractivity contribution in [1.82, 2.24) is 10.2 Å². The molecule has 23 heavy (non-hydrogen) atoms. The summed E-state index contributed by atoms with van der Waals surface area (Å²) in [4.78, 5) is 12.2. The zero-order chi connectivity index (χ0) is 16.2. The van der Waals surface area contributed by atoms with Crippen LogP contribution in [0.5, 0.6) is 5.75 Å². The Kier molecular flexibility index (Phi) is 4.34. The van der Waals surface area contributed by atoms with Gasteiger partial charge in [0.1, 0.15) is 10.8 Å². The molecule has 5 nitrogen and oxygen atoms in total. The standard InChI is InChI=1S/C17H15N3O2S/c1-11-3-5-13(6-4-11)16-19-20-17(23-16)18-15(21)12-7-9-14(22-2)10-8-12/h3-10H,1-2H3,(H,18,20,21). The molecule has 0 radical (unpaired) electrons. The zero-order valence-corrected chi connectivity index (χ0v) is 13.6. The average molecular weight is 325 g/mol. The molecule has 3 aromatic rings. The van der Waals surface area contributed by atoms with E-state index >= 15 is 0 Å². The van der Waals surface area contributed by atoms with E-state index in [2.05, 4.69) is 15.5 Å². The Hall–Kier alpha value is -2.73. The number of anilines is 1. The molecule has 0 aliphatic heterocycles. The van der Waals surface area contributed by atoms with Crippen LogP contribution in [0.2, 0.25) is 0 Å². The average Bonchev–Trinajstić information content (AvgIpc) is 3.04. The lowest BCUT2D eigenvalue weighted by Crippen LogP contribution is -2.11. The van der Waals surface area contributed by atoms with Gasteiger partial charge in [-0.05, 0) is 31.2 Å². The van der Waals surface area contributed by atoms with Gasteiger partial charge in [-0.2, -0.15) is 0 Å². The van der Waals surface area contributed by atoms with Crippen LogP contribution in [0.4, 0.5) is 5.13 Å². The number of benzene rings is 2. The topological polar surface area (TPSA) is 64.1 Å². The van der Waals surface area contributed by atoms with E-state index in [0.29, 0.717) is 16.4 Å². The zero-order valence-electron chi connectivity index (χ0n) is 12.7. The van der Waals surface area contributed by atoms with E-state index in [1.165, 1.54) is 16.9 Å². The van der Waals surface area contributed by atoms with Crippen LogP contribution in [0.3, 0.4) is 0 Å². The number of methoxy groups -OCH3 is 1. The van der Waals surface area contributed by atoms with Gasteiger partial charge in [-0.3, -0.25) is 10.1 Å². The van der Waals surface area contributed by atoms with E-state index in [4.69, 9.17) is 4.74 Å². The van der Waals surface area contributed by atoms with Crippen molar-refractivity contribution in [3.05, 3.63) is 59.7 Å². The monoisotopic (exact) mass is 325 g/mol. The maximum atomic E-state index is 12.2. The molecule has 2 aromatic carbocycles. The molecule has 0 aliphatic rings. The van der Waals surface area contributed by atoms with Gasteiger partial charge in [-0.1, -0.05) is 41.2 Å². The molecule has 1 heterocycles. The predicted octanol–water partition coefficient (Wildman–Crippen LogP) is 3.77. The van der Waals surface area contributed by atoms with Crippen LogP contribution in [0.15, 0.2) is 48.5 Å². The first kappa shape index (κ1) is 15.2. The fourth-order valence-corrected chi connectivity index (χ4v) is 2.74. The van der Waals surface area contributed by atoms with E-state index in [9.17, 15) is 4.79 Å². The predicted molar refractivity (Wildman–Crippen MR) is 91.0 cm³/mol. The minimum absolute atomic E-state index is 0.223. The molecule has 0 fully saturated rings. The second-order valence-electron chi connectivity index (χ2n) is 4.96. The van der Waals surface area contributed by atoms with Crippen molar-refractivity contribution in [2.45, 2.75) is 6.92 Å². The Labute approximate surface area is 138 Å². The van der Waals surface area contributed by atoms with E-state index < -0.39 is 0 Å². The summed E-state index contributed by atoms with van der Waals surface area (Å²) in [5.74, 6) is 0.485. The van der Waals surface area contributed by atoms with Crippen molar-refractivity contribution in [2.75, 3.05) is 12.4 Å². The van der Waals surface area contributed by atoms with Crippen LogP contribution in [0.1, 0.15) is 15.9 Å². The van der Waals surface area contributed by atoms with Gasteiger partial charge in [0.05, 0.1) is 7.11 Å². The molecule has 0 spiro atoms. The number of aryl methyl sites for hydroxylation is 1. The number of nitrogens with zero attached hydrogens (tertiary/aromatic N) is 2. The number of hydrogen-bond acceptors (Lipinski definition) is 5. The molecular weight excluding hydrogens is 310 g/mol. The third-order valence-corrected chi connectivity index (χ3v) is 4.18. The normalized spacial score (nSPS) is 10.3. The lowest BCUT2D eigenvalue weighted by atomic mass is 10.2. The lowest BCUT2D eigenvalue weighted by Gasteiger charge is -2.02. The van der Waals surface area contributed by atoms with Gasteiger partial charge in [-0.15, -0.1) is 10.2 Å². The highest BCUT2D eigenvalue weighted by atomic mass is 32.1. The highest BCUT2D eigenvalue weighted by Gasteiger charge is 2.11. The number of carbonyl (C=O) groups is 1. The van der Waals surface area contributed by atoms with Gasteiger partial charge in [0, 0.05) is 11.1 Å². The van der Waals surface area contributed by atoms with Crippen LogP contribution in [-0.4, -0.2) is 23.2 Å². The maximum Gasteiger partial charge on any atom is 0.257 e. The first-order valence-corrected chi connectivity index (χ1v) is 7.83. The van der Waals surface area contributed by atoms with Gasteiger partial charge in [-0.25, -0.2) is 0 Å². The van der Waals surface area contributed by atoms with Crippen molar-refractivity contribution < 1.29 is 9.53 Å². The van der Waals surface area contributed by atoms with Crippen LogP contribution in [-0.2, 0) is 0 Å². The van der Waals surface area contributed by atoms with Crippen LogP contribution in [0.25, 0.3) is 10.6 Å². The number of nitrogens with one attached hydrogen (secondary N) is 1. The first-order valence-electron chi connectivity index (χ1n) is 7.01. The number of ether oxygens (including phenoxy) is 1. The van der Waals surface area contributed by atoms with E-state index in [1.807, 2.05) is 31.2 Å². The largest absolute Gasteiger partial charge is 0.497 e. The fraction of sp³-hybridized carbons (Fsp3) is 0.118. The SMILES string of the molecule is COc1ccc(C(=O)Nc2nnc(-c3ccc(C)cc3)s2)cc1. The maximum absolute atomic E-state index is 12.2. The number of aromatic nitrogens is 2. The Morgan fingerprint density at radius 2 is 1.74 bits per heavy atom. The Bertz CT molecular complexity index is 811. The summed E-state index contributed by atoms with van der Waals surface area (Å²) in [5, 5.41) is 12.2. The number of rotatable bonds is 4. The van der Waals surface area contributed by atoms with E-state index in [-0.39, 0.29) is 5.91 Å². The summed E-state index contributed by atoms with van der Waals surface area (Å²) in [6, 6.07) is 14.9. The van der Waals surface area contributed by atoms with Gasteiger partial charge < -0.3 is 4.74 Å². The molecule has 0 atom stereocenters. The molecule has 1 N–H and O–H groups in total. The van der Waals surface area contributed by atoms with Gasteiger partial charge in [0.15, 0.2) is 0 Å². The molecule has 1 amide bonds. The van der Waals surface area contributed by atoms with Crippen LogP contribution >= 0.6 is 11.3 Å². The number of carbonyl (C=O) groups excluding carboxylic acids is 1. The van der Waals surface area contributed by atoms with Gasteiger partial charge in [0.25, 0.3) is 5.91 Å². The lowest BCUT2D eigenvalue weighted by molar-refractivity contribution is 0.102. The summed E-state index contributed by atoms with van der Waals surface area (Å²) in [5.41, 5.74) is 2.71. The summed E-state index contributed by atoms with van der Waals surface area (Å²) in [6.07, 6.45) is 0.